The van der Waals surface area contributed by atoms with Gasteiger partial charge in [0.15, 0.2) is 0 Å². The van der Waals surface area contributed by atoms with E-state index in [1.165, 1.54) is 0 Å². The minimum atomic E-state index is -0.133. The molecular weight excluding hydrogens is 254 g/mol. The third-order valence-electron chi connectivity index (χ3n) is 3.73. The van der Waals surface area contributed by atoms with E-state index in [9.17, 15) is 9.59 Å². The normalized spacial score (nSPS) is 14.3. The molecule has 1 aliphatic carbocycles. The van der Waals surface area contributed by atoms with Crippen molar-refractivity contribution in [3.05, 3.63) is 35.0 Å². The lowest BCUT2D eigenvalue weighted by Gasteiger charge is -2.09. The molecule has 0 atom stereocenters. The Morgan fingerprint density at radius 2 is 2.20 bits per heavy atom. The molecule has 3 rings (SSSR count). The van der Waals surface area contributed by atoms with Crippen molar-refractivity contribution in [2.75, 3.05) is 13.1 Å². The van der Waals surface area contributed by atoms with Crippen LogP contribution in [0.25, 0.3) is 10.9 Å². The van der Waals surface area contributed by atoms with Gasteiger partial charge in [0.1, 0.15) is 5.78 Å². The van der Waals surface area contributed by atoms with E-state index in [1.54, 1.807) is 6.07 Å². The smallest absolute Gasteiger partial charge is 0.253 e. The lowest BCUT2D eigenvalue weighted by molar-refractivity contribution is -0.118. The molecule has 20 heavy (non-hydrogen) atoms. The summed E-state index contributed by atoms with van der Waals surface area (Å²) in [5.74, 6) is 0.127. The van der Waals surface area contributed by atoms with Gasteiger partial charge in [-0.25, -0.2) is 0 Å². The van der Waals surface area contributed by atoms with Crippen LogP contribution < -0.4 is 11.1 Å². The molecule has 1 aliphatic rings. The highest BCUT2D eigenvalue weighted by molar-refractivity contribution is 6.07. The van der Waals surface area contributed by atoms with Gasteiger partial charge in [0.25, 0.3) is 5.91 Å². The van der Waals surface area contributed by atoms with Crippen LogP contribution in [0.1, 0.15) is 28.0 Å². The number of amides is 1. The number of nitrogens with two attached hydrogens (primary N) is 1. The summed E-state index contributed by atoms with van der Waals surface area (Å²) in [7, 11) is 0. The summed E-state index contributed by atoms with van der Waals surface area (Å²) in [6, 6.07) is 5.60. The third kappa shape index (κ3) is 2.10. The molecule has 0 saturated carbocycles. The van der Waals surface area contributed by atoms with Gasteiger partial charge in [-0.3, -0.25) is 9.59 Å². The lowest BCUT2D eigenvalue weighted by atomic mass is 9.94. The molecule has 1 amide bonds. The number of para-hydroxylation sites is 1. The van der Waals surface area contributed by atoms with E-state index >= 15 is 0 Å². The topological polar surface area (TPSA) is 88.0 Å². The Hall–Kier alpha value is -2.14. The number of nitrogens with one attached hydrogen (secondary N) is 2. The second-order valence-electron chi connectivity index (χ2n) is 5.07. The quantitative estimate of drug-likeness (QED) is 0.775. The average Bonchev–Trinajstić information content (AvgIpc) is 2.82. The van der Waals surface area contributed by atoms with Gasteiger partial charge < -0.3 is 16.0 Å². The Bertz CT molecular complexity index is 688. The van der Waals surface area contributed by atoms with Crippen LogP contribution in [0.3, 0.4) is 0 Å². The zero-order valence-electron chi connectivity index (χ0n) is 11.2. The monoisotopic (exact) mass is 271 g/mol. The van der Waals surface area contributed by atoms with Crippen LogP contribution in [0.4, 0.5) is 0 Å². The number of aryl methyl sites for hydroxylation is 1. The molecule has 0 unspecified atom stereocenters. The molecule has 0 bridgehead atoms. The van der Waals surface area contributed by atoms with Crippen LogP contribution in [0.5, 0.6) is 0 Å². The predicted octanol–water partition coefficient (Wildman–Crippen LogP) is 0.914. The molecule has 1 aromatic heterocycles. The van der Waals surface area contributed by atoms with Crippen LogP contribution >= 0.6 is 0 Å². The van der Waals surface area contributed by atoms with Crippen LogP contribution in [0, 0.1) is 0 Å². The van der Waals surface area contributed by atoms with E-state index in [4.69, 9.17) is 5.73 Å². The van der Waals surface area contributed by atoms with Crippen LogP contribution in [-0.2, 0) is 17.6 Å². The van der Waals surface area contributed by atoms with Crippen molar-refractivity contribution in [2.24, 2.45) is 5.73 Å². The van der Waals surface area contributed by atoms with Gasteiger partial charge in [-0.2, -0.15) is 0 Å². The van der Waals surface area contributed by atoms with Crippen molar-refractivity contribution in [3.8, 4) is 0 Å². The van der Waals surface area contributed by atoms with Crippen LogP contribution in [-0.4, -0.2) is 29.8 Å². The molecule has 4 N–H and O–H groups in total. The van der Waals surface area contributed by atoms with Crippen molar-refractivity contribution in [1.82, 2.24) is 10.3 Å². The maximum absolute atomic E-state index is 12.1. The van der Waals surface area contributed by atoms with E-state index in [0.29, 0.717) is 31.5 Å². The highest BCUT2D eigenvalue weighted by Gasteiger charge is 2.22. The molecule has 0 radical (unpaired) electrons. The number of Topliss-reactive ketones (excluding diaryl/α,β-unsaturated/α-hetero) is 1. The van der Waals surface area contributed by atoms with Gasteiger partial charge in [0.05, 0.1) is 11.1 Å². The zero-order valence-corrected chi connectivity index (χ0v) is 11.2. The number of hydrogen-bond donors (Lipinski definition) is 3. The summed E-state index contributed by atoms with van der Waals surface area (Å²) >= 11 is 0. The van der Waals surface area contributed by atoms with Crippen molar-refractivity contribution in [1.29, 1.82) is 0 Å². The molecule has 0 spiro atoms. The number of hydrogen-bond acceptors (Lipinski definition) is 3. The van der Waals surface area contributed by atoms with Crippen LogP contribution in [0.15, 0.2) is 18.2 Å². The van der Waals surface area contributed by atoms with Gasteiger partial charge in [0.2, 0.25) is 0 Å². The number of carbonyl (C=O) groups is 2. The molecule has 0 fully saturated rings. The third-order valence-corrected chi connectivity index (χ3v) is 3.73. The molecule has 0 saturated heterocycles. The Balaban J connectivity index is 2.07. The second-order valence-corrected chi connectivity index (χ2v) is 5.07. The lowest BCUT2D eigenvalue weighted by Crippen LogP contribution is -2.29. The van der Waals surface area contributed by atoms with Crippen molar-refractivity contribution in [3.63, 3.8) is 0 Å². The second kappa shape index (κ2) is 5.09. The Morgan fingerprint density at radius 3 is 3.00 bits per heavy atom. The van der Waals surface area contributed by atoms with Crippen molar-refractivity contribution < 1.29 is 9.59 Å². The van der Waals surface area contributed by atoms with Gasteiger partial charge >= 0.3 is 0 Å². The highest BCUT2D eigenvalue weighted by Crippen LogP contribution is 2.29. The van der Waals surface area contributed by atoms with E-state index in [0.717, 1.165) is 28.6 Å². The number of H-pyrrole nitrogens is 1. The number of rotatable bonds is 3. The first-order valence-electron chi connectivity index (χ1n) is 6.83. The first-order valence-corrected chi connectivity index (χ1v) is 6.83. The predicted molar refractivity (Wildman–Crippen MR) is 76.7 cm³/mol. The van der Waals surface area contributed by atoms with Gasteiger partial charge in [-0.05, 0) is 18.1 Å². The van der Waals surface area contributed by atoms with Crippen molar-refractivity contribution >= 4 is 22.6 Å². The maximum atomic E-state index is 12.1. The van der Waals surface area contributed by atoms with Gasteiger partial charge in [-0.1, -0.05) is 12.1 Å². The SMILES string of the molecule is NCCNC(=O)c1cccc2c3c([nH]c12)CCC(=O)C3. The Labute approximate surface area is 116 Å². The van der Waals surface area contributed by atoms with E-state index in [1.807, 2.05) is 12.1 Å². The summed E-state index contributed by atoms with van der Waals surface area (Å²) < 4.78 is 0. The van der Waals surface area contributed by atoms with Crippen molar-refractivity contribution in [2.45, 2.75) is 19.3 Å². The molecule has 5 nitrogen and oxygen atoms in total. The molecule has 104 valence electrons. The van der Waals surface area contributed by atoms with E-state index in [-0.39, 0.29) is 11.7 Å². The first-order chi connectivity index (χ1) is 9.70. The molecule has 1 heterocycles. The number of ketones is 1. The van der Waals surface area contributed by atoms with E-state index in [2.05, 4.69) is 10.3 Å². The summed E-state index contributed by atoms with van der Waals surface area (Å²) in [6.07, 6.45) is 1.77. The minimum Gasteiger partial charge on any atom is -0.357 e. The minimum absolute atomic E-state index is 0.133. The largest absolute Gasteiger partial charge is 0.357 e. The number of aromatic amines is 1. The summed E-state index contributed by atoms with van der Waals surface area (Å²) in [5, 5.41) is 3.76. The van der Waals surface area contributed by atoms with E-state index < -0.39 is 0 Å². The van der Waals surface area contributed by atoms with Crippen LogP contribution in [0.2, 0.25) is 0 Å². The summed E-state index contributed by atoms with van der Waals surface area (Å²) in [4.78, 5) is 27.1. The molecular formula is C15H17N3O2. The molecule has 2 aromatic rings. The fourth-order valence-corrected chi connectivity index (χ4v) is 2.76. The standard InChI is InChI=1S/C15H17N3O2/c16-6-7-17-15(20)11-3-1-2-10-12-8-9(19)4-5-13(12)18-14(10)11/h1-3,18H,4-8,16H2,(H,17,20). The van der Waals surface area contributed by atoms with Gasteiger partial charge in [0, 0.05) is 37.0 Å². The average molecular weight is 271 g/mol. The zero-order chi connectivity index (χ0) is 14.1. The maximum Gasteiger partial charge on any atom is 0.253 e. The molecule has 1 aromatic carbocycles. The summed E-state index contributed by atoms with van der Waals surface area (Å²) in [5.41, 5.74) is 8.96. The Morgan fingerprint density at radius 1 is 1.35 bits per heavy atom. The fraction of sp³-hybridized carbons (Fsp3) is 0.333. The molecule has 5 heteroatoms. The molecule has 0 aliphatic heterocycles. The fourth-order valence-electron chi connectivity index (χ4n) is 2.76. The first kappa shape index (κ1) is 12.9. The summed E-state index contributed by atoms with van der Waals surface area (Å²) in [6.45, 7) is 0.867. The Kier molecular flexibility index (Phi) is 3.28. The number of aromatic nitrogens is 1. The number of benzene rings is 1. The number of carbonyl (C=O) groups excluding carboxylic acids is 2. The highest BCUT2D eigenvalue weighted by atomic mass is 16.1. The number of fused-ring (bicyclic) bond motifs is 3. The van der Waals surface area contributed by atoms with Gasteiger partial charge in [-0.15, -0.1) is 0 Å².